The first-order valence-electron chi connectivity index (χ1n) is 10.9. The lowest BCUT2D eigenvalue weighted by Gasteiger charge is -2.26. The first kappa shape index (κ1) is 30.2. The summed E-state index contributed by atoms with van der Waals surface area (Å²) in [5.74, 6) is -4.16. The third-order valence-electron chi connectivity index (χ3n) is 5.91. The number of aryl methyl sites for hydroxylation is 1. The van der Waals surface area contributed by atoms with Crippen LogP contribution < -0.4 is 9.80 Å². The highest BCUT2D eigenvalue weighted by molar-refractivity contribution is 6.00. The van der Waals surface area contributed by atoms with Gasteiger partial charge >= 0.3 is 24.3 Å². The number of carboxylic acids is 2. The zero-order valence-electron chi connectivity index (χ0n) is 20.0. The monoisotopic (exact) mass is 551 g/mol. The molecule has 0 aromatic carbocycles. The van der Waals surface area contributed by atoms with Crippen LogP contribution in [0.25, 0.3) is 0 Å². The van der Waals surface area contributed by atoms with Gasteiger partial charge in [0.25, 0.3) is 0 Å². The normalized spacial score (nSPS) is 20.9. The molecule has 0 aliphatic carbocycles. The molecule has 10 nitrogen and oxygen atoms in total. The van der Waals surface area contributed by atoms with E-state index in [0.717, 1.165) is 36.7 Å². The third kappa shape index (κ3) is 7.29. The zero-order chi connectivity index (χ0) is 28.9. The highest BCUT2D eigenvalue weighted by Gasteiger charge is 2.55. The van der Waals surface area contributed by atoms with Crippen molar-refractivity contribution in [3.8, 4) is 0 Å². The number of hydrogen-bond acceptors (Lipinski definition) is 7. The molecule has 208 valence electrons. The summed E-state index contributed by atoms with van der Waals surface area (Å²) in [5, 5.41) is 22.7. The van der Waals surface area contributed by atoms with Crippen molar-refractivity contribution in [2.45, 2.75) is 32.6 Å². The standard InChI is InChI=1S/C18H21N5O.2C2HF3O2/c1-13-11-22(16-6-5-14(2)20-21-16)12-18(13)7-9-23(17(18)24)15-4-3-8-19-10-15;2*3-2(4,5)1(6)7/h3-6,8,10,13H,7,9,11-12H2,1-2H3;2*(H,6,7)/t13-,18-;;/m0../s1. The number of aromatic nitrogens is 3. The van der Waals surface area contributed by atoms with E-state index in [1.165, 1.54) is 0 Å². The summed E-state index contributed by atoms with van der Waals surface area (Å²) < 4.78 is 63.5. The number of carbonyl (C=O) groups excluding carboxylic acids is 1. The highest BCUT2D eigenvalue weighted by Crippen LogP contribution is 2.46. The first-order valence-corrected chi connectivity index (χ1v) is 10.9. The second kappa shape index (κ2) is 11.6. The van der Waals surface area contributed by atoms with E-state index < -0.39 is 24.3 Å². The van der Waals surface area contributed by atoms with Crippen molar-refractivity contribution < 1.29 is 50.9 Å². The lowest BCUT2D eigenvalue weighted by Crippen LogP contribution is -2.39. The van der Waals surface area contributed by atoms with E-state index in [9.17, 15) is 31.1 Å². The molecule has 2 saturated heterocycles. The quantitative estimate of drug-likeness (QED) is 0.539. The van der Waals surface area contributed by atoms with Crippen molar-refractivity contribution in [1.29, 1.82) is 0 Å². The minimum absolute atomic E-state index is 0.213. The Balaban J connectivity index is 0.000000301. The van der Waals surface area contributed by atoms with E-state index in [4.69, 9.17) is 19.8 Å². The van der Waals surface area contributed by atoms with Gasteiger partial charge in [0, 0.05) is 25.8 Å². The molecular weight excluding hydrogens is 528 g/mol. The number of pyridine rings is 1. The van der Waals surface area contributed by atoms with Crippen LogP contribution in [-0.2, 0) is 14.4 Å². The molecule has 1 amide bonds. The molecule has 2 atom stereocenters. The lowest BCUT2D eigenvalue weighted by atomic mass is 9.78. The number of rotatable bonds is 2. The van der Waals surface area contributed by atoms with Crippen molar-refractivity contribution in [2.24, 2.45) is 11.3 Å². The molecule has 0 saturated carbocycles. The summed E-state index contributed by atoms with van der Waals surface area (Å²) in [4.78, 5) is 39.2. The number of anilines is 2. The van der Waals surface area contributed by atoms with Crippen LogP contribution in [0.4, 0.5) is 37.8 Å². The number of halogens is 6. The molecule has 1 spiro atoms. The molecule has 0 bridgehead atoms. The number of nitrogens with zero attached hydrogens (tertiary/aromatic N) is 5. The first-order chi connectivity index (χ1) is 17.5. The molecule has 16 heteroatoms. The van der Waals surface area contributed by atoms with Gasteiger partial charge in [-0.1, -0.05) is 6.92 Å². The fraction of sp³-hybridized carbons (Fsp3) is 0.455. The van der Waals surface area contributed by atoms with Gasteiger partial charge in [-0.15, -0.1) is 5.10 Å². The van der Waals surface area contributed by atoms with Crippen LogP contribution in [0.3, 0.4) is 0 Å². The maximum atomic E-state index is 13.2. The van der Waals surface area contributed by atoms with Gasteiger partial charge in [0.2, 0.25) is 5.91 Å². The van der Waals surface area contributed by atoms with Gasteiger partial charge in [-0.05, 0) is 43.5 Å². The Hall–Kier alpha value is -3.98. The van der Waals surface area contributed by atoms with E-state index in [1.54, 1.807) is 12.4 Å². The van der Waals surface area contributed by atoms with Crippen LogP contribution in [0.5, 0.6) is 0 Å². The van der Waals surface area contributed by atoms with Crippen LogP contribution in [0.2, 0.25) is 0 Å². The minimum atomic E-state index is -5.08. The maximum absolute atomic E-state index is 13.2. The fourth-order valence-electron chi connectivity index (χ4n) is 3.95. The summed E-state index contributed by atoms with van der Waals surface area (Å²) in [6, 6.07) is 7.79. The molecule has 2 aromatic heterocycles. The number of carboxylic acid groups (broad SMARTS) is 2. The lowest BCUT2D eigenvalue weighted by molar-refractivity contribution is -0.193. The number of aliphatic carboxylic acids is 2. The van der Waals surface area contributed by atoms with Gasteiger partial charge in [-0.3, -0.25) is 9.78 Å². The van der Waals surface area contributed by atoms with Crippen LogP contribution >= 0.6 is 0 Å². The van der Waals surface area contributed by atoms with Gasteiger partial charge in [0.15, 0.2) is 5.82 Å². The fourth-order valence-corrected chi connectivity index (χ4v) is 3.95. The highest BCUT2D eigenvalue weighted by atomic mass is 19.4. The molecule has 2 aliphatic heterocycles. The number of amides is 1. The second-order valence-corrected chi connectivity index (χ2v) is 8.49. The van der Waals surface area contributed by atoms with E-state index in [0.29, 0.717) is 6.54 Å². The van der Waals surface area contributed by atoms with Crippen molar-refractivity contribution in [1.82, 2.24) is 15.2 Å². The van der Waals surface area contributed by atoms with Crippen LogP contribution in [0.15, 0.2) is 36.7 Å². The molecule has 2 fully saturated rings. The van der Waals surface area contributed by atoms with Crippen molar-refractivity contribution >= 4 is 29.4 Å². The Labute approximate surface area is 211 Å². The minimum Gasteiger partial charge on any atom is -0.475 e. The van der Waals surface area contributed by atoms with Gasteiger partial charge in [0.05, 0.1) is 23.0 Å². The smallest absolute Gasteiger partial charge is 0.475 e. The zero-order valence-corrected chi connectivity index (χ0v) is 20.0. The van der Waals surface area contributed by atoms with Crippen molar-refractivity contribution in [3.63, 3.8) is 0 Å². The third-order valence-corrected chi connectivity index (χ3v) is 5.91. The average Bonchev–Trinajstić information content (AvgIpc) is 3.34. The summed E-state index contributed by atoms with van der Waals surface area (Å²) in [7, 11) is 0. The van der Waals surface area contributed by atoms with Gasteiger partial charge in [-0.25, -0.2) is 9.59 Å². The van der Waals surface area contributed by atoms with Crippen molar-refractivity contribution in [3.05, 3.63) is 42.4 Å². The van der Waals surface area contributed by atoms with Crippen molar-refractivity contribution in [2.75, 3.05) is 29.4 Å². The Bertz CT molecular complexity index is 1110. The molecule has 2 N–H and O–H groups in total. The number of alkyl halides is 6. The molecular formula is C22H23F6N5O5. The molecule has 4 rings (SSSR count). The van der Waals surface area contributed by atoms with E-state index >= 15 is 0 Å². The Kier molecular flexibility index (Phi) is 9.23. The summed E-state index contributed by atoms with van der Waals surface area (Å²) >= 11 is 0. The molecule has 38 heavy (non-hydrogen) atoms. The Morgan fingerprint density at radius 1 is 1.03 bits per heavy atom. The summed E-state index contributed by atoms with van der Waals surface area (Å²) in [6.45, 7) is 6.40. The topological polar surface area (TPSA) is 137 Å². The predicted molar refractivity (Wildman–Crippen MR) is 119 cm³/mol. The van der Waals surface area contributed by atoms with E-state index in [1.807, 2.05) is 36.1 Å². The average molecular weight is 551 g/mol. The Morgan fingerprint density at radius 2 is 1.61 bits per heavy atom. The number of carbonyl (C=O) groups is 3. The van der Waals surface area contributed by atoms with Gasteiger partial charge < -0.3 is 20.0 Å². The van der Waals surface area contributed by atoms with Crippen LogP contribution in [0.1, 0.15) is 19.0 Å². The maximum Gasteiger partial charge on any atom is 0.490 e. The van der Waals surface area contributed by atoms with Crippen LogP contribution in [0, 0.1) is 18.3 Å². The van der Waals surface area contributed by atoms with Gasteiger partial charge in [-0.2, -0.15) is 31.4 Å². The largest absolute Gasteiger partial charge is 0.490 e. The van der Waals surface area contributed by atoms with Crippen LogP contribution in [-0.4, -0.2) is 75.2 Å². The molecule has 2 aromatic rings. The predicted octanol–water partition coefficient (Wildman–Crippen LogP) is 3.33. The molecule has 4 heterocycles. The van der Waals surface area contributed by atoms with Gasteiger partial charge in [0.1, 0.15) is 0 Å². The number of hydrogen-bond donors (Lipinski definition) is 2. The SMILES string of the molecule is Cc1ccc(N2C[C@H](C)[C@]3(CCN(c4cccnc4)C3=O)C2)nn1.O=C(O)C(F)(F)F.O=C(O)C(F)(F)F. The molecule has 0 unspecified atom stereocenters. The van der Waals surface area contributed by atoms with E-state index in [-0.39, 0.29) is 17.2 Å². The summed E-state index contributed by atoms with van der Waals surface area (Å²) in [6.07, 6.45) is -5.80. The second-order valence-electron chi connectivity index (χ2n) is 8.49. The molecule has 0 radical (unpaired) electrons. The summed E-state index contributed by atoms with van der Waals surface area (Å²) in [5.41, 5.74) is 1.46. The molecule has 2 aliphatic rings. The van der Waals surface area contributed by atoms with E-state index in [2.05, 4.69) is 27.0 Å². The Morgan fingerprint density at radius 3 is 2.05 bits per heavy atom.